The van der Waals surface area contributed by atoms with Crippen LogP contribution in [0, 0.1) is 5.92 Å². The maximum atomic E-state index is 11.1. The van der Waals surface area contributed by atoms with Crippen molar-refractivity contribution >= 4 is 5.91 Å². The van der Waals surface area contributed by atoms with Crippen molar-refractivity contribution in [2.45, 2.75) is 34.6 Å². The Labute approximate surface area is 87.0 Å². The summed E-state index contributed by atoms with van der Waals surface area (Å²) in [5.74, 6) is 0.0167. The standard InChI is InChI=1S/C11H22N2O/c1-6-13(7-2)10(8(3)4)9(5)11(12)14/h8H,6-7H2,1-5H3,(H2,12,14)/b10-9+. The van der Waals surface area contributed by atoms with E-state index in [4.69, 9.17) is 5.73 Å². The van der Waals surface area contributed by atoms with Crippen LogP contribution in [0.2, 0.25) is 0 Å². The summed E-state index contributed by atoms with van der Waals surface area (Å²) in [7, 11) is 0. The van der Waals surface area contributed by atoms with Gasteiger partial charge in [-0.05, 0) is 26.7 Å². The van der Waals surface area contributed by atoms with Gasteiger partial charge in [0.2, 0.25) is 5.91 Å². The summed E-state index contributed by atoms with van der Waals surface area (Å²) >= 11 is 0. The molecule has 0 aliphatic carbocycles. The Morgan fingerprint density at radius 3 is 1.93 bits per heavy atom. The smallest absolute Gasteiger partial charge is 0.246 e. The first-order valence-electron chi connectivity index (χ1n) is 5.21. The fraction of sp³-hybridized carbons (Fsp3) is 0.727. The average Bonchev–Trinajstić information content (AvgIpc) is 2.12. The minimum Gasteiger partial charge on any atom is -0.375 e. The van der Waals surface area contributed by atoms with Gasteiger partial charge < -0.3 is 10.6 Å². The van der Waals surface area contributed by atoms with Crippen molar-refractivity contribution in [3.8, 4) is 0 Å². The largest absolute Gasteiger partial charge is 0.375 e. The fourth-order valence-electron chi connectivity index (χ4n) is 1.73. The Bertz CT molecular complexity index is 227. The van der Waals surface area contributed by atoms with E-state index in [0.717, 1.165) is 18.8 Å². The lowest BCUT2D eigenvalue weighted by atomic mass is 10.0. The zero-order valence-corrected chi connectivity index (χ0v) is 9.92. The third-order valence-electron chi connectivity index (χ3n) is 2.40. The number of rotatable bonds is 5. The maximum absolute atomic E-state index is 11.1. The van der Waals surface area contributed by atoms with Crippen LogP contribution in [0.1, 0.15) is 34.6 Å². The molecule has 0 aliphatic rings. The van der Waals surface area contributed by atoms with E-state index in [9.17, 15) is 4.79 Å². The highest BCUT2D eigenvalue weighted by atomic mass is 16.1. The number of allylic oxidation sites excluding steroid dienone is 1. The number of nitrogens with two attached hydrogens (primary N) is 1. The first kappa shape index (κ1) is 13.0. The quantitative estimate of drug-likeness (QED) is 0.684. The zero-order valence-electron chi connectivity index (χ0n) is 9.92. The van der Waals surface area contributed by atoms with Crippen LogP contribution in [0.3, 0.4) is 0 Å². The fourth-order valence-corrected chi connectivity index (χ4v) is 1.73. The van der Waals surface area contributed by atoms with Crippen LogP contribution in [0.4, 0.5) is 0 Å². The Morgan fingerprint density at radius 1 is 1.29 bits per heavy atom. The van der Waals surface area contributed by atoms with Crippen LogP contribution in [-0.2, 0) is 4.79 Å². The molecular weight excluding hydrogens is 176 g/mol. The average molecular weight is 198 g/mol. The van der Waals surface area contributed by atoms with Gasteiger partial charge in [-0.15, -0.1) is 0 Å². The summed E-state index contributed by atoms with van der Waals surface area (Å²) in [6.45, 7) is 12.0. The molecule has 1 amide bonds. The summed E-state index contributed by atoms with van der Waals surface area (Å²) in [5.41, 5.74) is 7.05. The Kier molecular flexibility index (Phi) is 5.28. The molecule has 0 saturated heterocycles. The number of hydrogen-bond donors (Lipinski definition) is 1. The van der Waals surface area contributed by atoms with Gasteiger partial charge in [-0.2, -0.15) is 0 Å². The van der Waals surface area contributed by atoms with Crippen molar-refractivity contribution in [2.75, 3.05) is 13.1 Å². The van der Waals surface area contributed by atoms with Gasteiger partial charge >= 0.3 is 0 Å². The predicted molar refractivity (Wildman–Crippen MR) is 59.7 cm³/mol. The van der Waals surface area contributed by atoms with Crippen LogP contribution >= 0.6 is 0 Å². The SMILES string of the molecule is CCN(CC)/C(=C(\C)C(N)=O)C(C)C. The summed E-state index contributed by atoms with van der Waals surface area (Å²) in [4.78, 5) is 13.3. The van der Waals surface area contributed by atoms with Crippen LogP contribution in [-0.4, -0.2) is 23.9 Å². The summed E-state index contributed by atoms with van der Waals surface area (Å²) in [6, 6.07) is 0. The molecule has 0 fully saturated rings. The lowest BCUT2D eigenvalue weighted by Gasteiger charge is -2.28. The Hall–Kier alpha value is -0.990. The van der Waals surface area contributed by atoms with Gasteiger partial charge in [0, 0.05) is 24.4 Å². The molecule has 0 atom stereocenters. The molecule has 0 spiro atoms. The van der Waals surface area contributed by atoms with Gasteiger partial charge in [0.15, 0.2) is 0 Å². The molecule has 2 N–H and O–H groups in total. The van der Waals surface area contributed by atoms with E-state index in [2.05, 4.69) is 32.6 Å². The highest BCUT2D eigenvalue weighted by Gasteiger charge is 2.15. The van der Waals surface area contributed by atoms with Crippen molar-refractivity contribution in [3.05, 3.63) is 11.3 Å². The molecule has 0 aliphatic heterocycles. The first-order chi connectivity index (χ1) is 6.45. The second kappa shape index (κ2) is 5.68. The molecule has 0 rings (SSSR count). The first-order valence-corrected chi connectivity index (χ1v) is 5.21. The van der Waals surface area contributed by atoms with Gasteiger partial charge in [-0.1, -0.05) is 13.8 Å². The second-order valence-electron chi connectivity index (χ2n) is 3.70. The molecule has 0 bridgehead atoms. The molecule has 0 heterocycles. The van der Waals surface area contributed by atoms with Gasteiger partial charge in [0.1, 0.15) is 0 Å². The van der Waals surface area contributed by atoms with E-state index in [1.165, 1.54) is 0 Å². The minimum absolute atomic E-state index is 0.319. The van der Waals surface area contributed by atoms with E-state index >= 15 is 0 Å². The topological polar surface area (TPSA) is 46.3 Å². The zero-order chi connectivity index (χ0) is 11.3. The van der Waals surface area contributed by atoms with E-state index < -0.39 is 0 Å². The number of carbonyl (C=O) groups is 1. The number of primary amides is 1. The van der Waals surface area contributed by atoms with E-state index in [1.54, 1.807) is 6.92 Å². The number of nitrogens with zero attached hydrogens (tertiary/aromatic N) is 1. The highest BCUT2D eigenvalue weighted by Crippen LogP contribution is 2.19. The second-order valence-corrected chi connectivity index (χ2v) is 3.70. The normalized spacial score (nSPS) is 12.7. The van der Waals surface area contributed by atoms with Gasteiger partial charge in [-0.25, -0.2) is 0 Å². The molecular formula is C11H22N2O. The lowest BCUT2D eigenvalue weighted by Crippen LogP contribution is -2.29. The van der Waals surface area contributed by atoms with Crippen molar-refractivity contribution < 1.29 is 4.79 Å². The summed E-state index contributed by atoms with van der Waals surface area (Å²) < 4.78 is 0. The van der Waals surface area contributed by atoms with Crippen molar-refractivity contribution in [3.63, 3.8) is 0 Å². The molecule has 0 unspecified atom stereocenters. The van der Waals surface area contributed by atoms with Crippen LogP contribution in [0.15, 0.2) is 11.3 Å². The molecule has 0 aromatic heterocycles. The summed E-state index contributed by atoms with van der Waals surface area (Å²) in [6.07, 6.45) is 0. The van der Waals surface area contributed by atoms with Crippen LogP contribution in [0.5, 0.6) is 0 Å². The monoisotopic (exact) mass is 198 g/mol. The lowest BCUT2D eigenvalue weighted by molar-refractivity contribution is -0.114. The van der Waals surface area contributed by atoms with E-state index in [-0.39, 0.29) is 5.91 Å². The number of amides is 1. The van der Waals surface area contributed by atoms with Crippen molar-refractivity contribution in [1.82, 2.24) is 4.90 Å². The molecule has 0 aromatic carbocycles. The number of hydrogen-bond acceptors (Lipinski definition) is 2. The number of carbonyl (C=O) groups excluding carboxylic acids is 1. The van der Waals surface area contributed by atoms with Crippen molar-refractivity contribution in [2.24, 2.45) is 11.7 Å². The third kappa shape index (κ3) is 3.05. The van der Waals surface area contributed by atoms with E-state index in [0.29, 0.717) is 11.5 Å². The predicted octanol–water partition coefficient (Wildman–Crippen LogP) is 1.74. The Balaban J connectivity index is 5.11. The molecule has 0 aromatic rings. The van der Waals surface area contributed by atoms with Crippen LogP contribution < -0.4 is 5.73 Å². The Morgan fingerprint density at radius 2 is 1.71 bits per heavy atom. The van der Waals surface area contributed by atoms with Gasteiger partial charge in [0.05, 0.1) is 0 Å². The van der Waals surface area contributed by atoms with Crippen LogP contribution in [0.25, 0.3) is 0 Å². The third-order valence-corrected chi connectivity index (χ3v) is 2.40. The minimum atomic E-state index is -0.319. The molecule has 3 nitrogen and oxygen atoms in total. The van der Waals surface area contributed by atoms with E-state index in [1.807, 2.05) is 0 Å². The molecule has 0 radical (unpaired) electrons. The maximum Gasteiger partial charge on any atom is 0.246 e. The highest BCUT2D eigenvalue weighted by molar-refractivity contribution is 5.92. The molecule has 14 heavy (non-hydrogen) atoms. The molecule has 0 saturated carbocycles. The summed E-state index contributed by atoms with van der Waals surface area (Å²) in [5, 5.41) is 0. The van der Waals surface area contributed by atoms with Gasteiger partial charge in [0.25, 0.3) is 0 Å². The molecule has 3 heteroatoms. The van der Waals surface area contributed by atoms with Crippen molar-refractivity contribution in [1.29, 1.82) is 0 Å². The molecule has 82 valence electrons. The van der Waals surface area contributed by atoms with Gasteiger partial charge in [-0.3, -0.25) is 4.79 Å².